The number of rotatable bonds is 8. The average Bonchev–Trinajstić information content (AvgIpc) is 2.78. The zero-order chi connectivity index (χ0) is 22.1. The van der Waals surface area contributed by atoms with Crippen LogP contribution in [0.25, 0.3) is 6.08 Å². The quantitative estimate of drug-likeness (QED) is 0.309. The summed E-state index contributed by atoms with van der Waals surface area (Å²) in [6, 6.07) is 24.5. The number of benzene rings is 3. The zero-order valence-electron chi connectivity index (χ0n) is 17.6. The number of carbonyl (C=O) groups is 1. The number of carbonyl (C=O) groups excluding carboxylic acids is 1. The molecule has 0 saturated heterocycles. The normalized spacial score (nSPS) is 10.8. The number of nitrogens with zero attached hydrogens (tertiary/aromatic N) is 1. The smallest absolute Gasteiger partial charge is 0.266 e. The van der Waals surface area contributed by atoms with Gasteiger partial charge >= 0.3 is 0 Å². The van der Waals surface area contributed by atoms with E-state index in [1.807, 2.05) is 68.4 Å². The first-order valence-corrected chi connectivity index (χ1v) is 9.96. The van der Waals surface area contributed by atoms with E-state index in [-0.39, 0.29) is 5.57 Å². The van der Waals surface area contributed by atoms with Gasteiger partial charge in [-0.05, 0) is 61.4 Å². The van der Waals surface area contributed by atoms with E-state index in [1.54, 1.807) is 30.3 Å². The van der Waals surface area contributed by atoms with Crippen LogP contribution < -0.4 is 14.8 Å². The number of nitriles is 1. The summed E-state index contributed by atoms with van der Waals surface area (Å²) in [5, 5.41) is 12.2. The summed E-state index contributed by atoms with van der Waals surface area (Å²) < 4.78 is 11.3. The summed E-state index contributed by atoms with van der Waals surface area (Å²) in [4.78, 5) is 12.5. The van der Waals surface area contributed by atoms with E-state index in [9.17, 15) is 10.1 Å². The highest BCUT2D eigenvalue weighted by molar-refractivity contribution is 6.09. The van der Waals surface area contributed by atoms with Crippen molar-refractivity contribution in [2.75, 3.05) is 18.5 Å². The van der Waals surface area contributed by atoms with E-state index >= 15 is 0 Å². The summed E-state index contributed by atoms with van der Waals surface area (Å²) in [6.45, 7) is 4.75. The molecule has 1 N–H and O–H groups in total. The van der Waals surface area contributed by atoms with E-state index in [0.717, 1.165) is 22.4 Å². The van der Waals surface area contributed by atoms with E-state index in [1.165, 1.54) is 0 Å². The van der Waals surface area contributed by atoms with Gasteiger partial charge in [0.15, 0.2) is 0 Å². The molecule has 0 aliphatic rings. The molecule has 0 fully saturated rings. The SMILES string of the molecule is Cc1ccc(NC(=O)/C(C#N)=C/c2ccc(OCCOc3ccccc3)cc2)c(C)c1. The Morgan fingerprint density at radius 2 is 1.58 bits per heavy atom. The van der Waals surface area contributed by atoms with Crippen molar-refractivity contribution in [2.24, 2.45) is 0 Å². The third kappa shape index (κ3) is 6.48. The van der Waals surface area contributed by atoms with Crippen LogP contribution in [0.3, 0.4) is 0 Å². The van der Waals surface area contributed by atoms with E-state index < -0.39 is 5.91 Å². The Kier molecular flexibility index (Phi) is 7.45. The van der Waals surface area contributed by atoms with Gasteiger partial charge in [0.05, 0.1) is 0 Å². The predicted molar refractivity (Wildman–Crippen MR) is 122 cm³/mol. The number of amides is 1. The lowest BCUT2D eigenvalue weighted by atomic mass is 10.1. The summed E-state index contributed by atoms with van der Waals surface area (Å²) in [6.07, 6.45) is 1.56. The molecule has 0 radical (unpaired) electrons. The van der Waals surface area contributed by atoms with Crippen LogP contribution >= 0.6 is 0 Å². The molecule has 0 atom stereocenters. The molecule has 31 heavy (non-hydrogen) atoms. The van der Waals surface area contributed by atoms with Gasteiger partial charge in [-0.2, -0.15) is 5.26 Å². The maximum atomic E-state index is 12.5. The van der Waals surface area contributed by atoms with E-state index in [4.69, 9.17) is 9.47 Å². The van der Waals surface area contributed by atoms with Gasteiger partial charge in [-0.1, -0.05) is 48.0 Å². The summed E-state index contributed by atoms with van der Waals surface area (Å²) in [7, 11) is 0. The predicted octanol–water partition coefficient (Wildman–Crippen LogP) is 5.31. The molecule has 3 aromatic carbocycles. The Balaban J connectivity index is 1.56. The second-order valence-corrected chi connectivity index (χ2v) is 7.02. The molecule has 3 rings (SSSR count). The Hall–Kier alpha value is -4.04. The number of para-hydroxylation sites is 1. The summed E-state index contributed by atoms with van der Waals surface area (Å²) >= 11 is 0. The lowest BCUT2D eigenvalue weighted by Crippen LogP contribution is -2.14. The zero-order valence-corrected chi connectivity index (χ0v) is 17.6. The molecule has 1 amide bonds. The number of hydrogen-bond donors (Lipinski definition) is 1. The van der Waals surface area contributed by atoms with Crippen molar-refractivity contribution in [1.29, 1.82) is 5.26 Å². The fourth-order valence-electron chi connectivity index (χ4n) is 2.95. The van der Waals surface area contributed by atoms with Crippen LogP contribution in [0.2, 0.25) is 0 Å². The lowest BCUT2D eigenvalue weighted by molar-refractivity contribution is -0.112. The lowest BCUT2D eigenvalue weighted by Gasteiger charge is -2.09. The molecular weight excluding hydrogens is 388 g/mol. The molecular formula is C26H24N2O3. The molecule has 0 spiro atoms. The van der Waals surface area contributed by atoms with Crippen LogP contribution in [0.5, 0.6) is 11.5 Å². The van der Waals surface area contributed by atoms with Crippen molar-refractivity contribution in [2.45, 2.75) is 13.8 Å². The van der Waals surface area contributed by atoms with E-state index in [0.29, 0.717) is 24.7 Å². The first-order valence-electron chi connectivity index (χ1n) is 9.96. The minimum Gasteiger partial charge on any atom is -0.490 e. The van der Waals surface area contributed by atoms with Gasteiger partial charge in [-0.25, -0.2) is 0 Å². The molecule has 0 aliphatic heterocycles. The molecule has 5 heteroatoms. The van der Waals surface area contributed by atoms with Gasteiger partial charge in [0.25, 0.3) is 5.91 Å². The third-order valence-electron chi connectivity index (χ3n) is 4.55. The highest BCUT2D eigenvalue weighted by atomic mass is 16.5. The molecule has 0 unspecified atom stereocenters. The minimum absolute atomic E-state index is 0.0323. The molecule has 0 aliphatic carbocycles. The molecule has 3 aromatic rings. The molecule has 0 aromatic heterocycles. The van der Waals surface area contributed by atoms with Gasteiger partial charge in [0.1, 0.15) is 36.4 Å². The Morgan fingerprint density at radius 1 is 0.935 bits per heavy atom. The Labute approximate surface area is 182 Å². The second kappa shape index (κ2) is 10.7. The van der Waals surface area contributed by atoms with Crippen LogP contribution in [0.1, 0.15) is 16.7 Å². The van der Waals surface area contributed by atoms with Crippen molar-refractivity contribution in [1.82, 2.24) is 0 Å². The first kappa shape index (κ1) is 21.7. The Morgan fingerprint density at radius 3 is 2.19 bits per heavy atom. The molecule has 0 bridgehead atoms. The van der Waals surface area contributed by atoms with Crippen molar-refractivity contribution in [3.63, 3.8) is 0 Å². The maximum absolute atomic E-state index is 12.5. The van der Waals surface area contributed by atoms with Crippen molar-refractivity contribution < 1.29 is 14.3 Å². The number of anilines is 1. The molecule has 0 saturated carbocycles. The Bertz CT molecular complexity index is 1100. The number of nitrogens with one attached hydrogen (secondary N) is 1. The molecule has 0 heterocycles. The van der Waals surface area contributed by atoms with E-state index in [2.05, 4.69) is 5.32 Å². The number of ether oxygens (including phenoxy) is 2. The van der Waals surface area contributed by atoms with Gasteiger partial charge < -0.3 is 14.8 Å². The fraction of sp³-hybridized carbons (Fsp3) is 0.154. The van der Waals surface area contributed by atoms with Crippen LogP contribution in [-0.2, 0) is 4.79 Å². The largest absolute Gasteiger partial charge is 0.490 e. The molecule has 156 valence electrons. The highest BCUT2D eigenvalue weighted by Gasteiger charge is 2.11. The third-order valence-corrected chi connectivity index (χ3v) is 4.55. The van der Waals surface area contributed by atoms with Gasteiger partial charge in [0, 0.05) is 5.69 Å². The summed E-state index contributed by atoms with van der Waals surface area (Å²) in [5.41, 5.74) is 3.52. The first-order chi connectivity index (χ1) is 15.0. The minimum atomic E-state index is -0.437. The van der Waals surface area contributed by atoms with Crippen molar-refractivity contribution in [3.05, 3.63) is 95.1 Å². The van der Waals surface area contributed by atoms with Gasteiger partial charge in [-0.15, -0.1) is 0 Å². The summed E-state index contributed by atoms with van der Waals surface area (Å²) in [5.74, 6) is 1.05. The average molecular weight is 412 g/mol. The number of aryl methyl sites for hydroxylation is 2. The maximum Gasteiger partial charge on any atom is 0.266 e. The van der Waals surface area contributed by atoms with Gasteiger partial charge in [0.2, 0.25) is 0 Å². The van der Waals surface area contributed by atoms with Crippen LogP contribution in [0, 0.1) is 25.2 Å². The monoisotopic (exact) mass is 412 g/mol. The molecule has 5 nitrogen and oxygen atoms in total. The topological polar surface area (TPSA) is 71.4 Å². The fourth-order valence-corrected chi connectivity index (χ4v) is 2.95. The van der Waals surface area contributed by atoms with Crippen LogP contribution in [-0.4, -0.2) is 19.1 Å². The second-order valence-electron chi connectivity index (χ2n) is 7.02. The number of hydrogen-bond acceptors (Lipinski definition) is 4. The van der Waals surface area contributed by atoms with Crippen LogP contribution in [0.15, 0.2) is 78.4 Å². The van der Waals surface area contributed by atoms with Crippen molar-refractivity contribution >= 4 is 17.7 Å². The highest BCUT2D eigenvalue weighted by Crippen LogP contribution is 2.19. The van der Waals surface area contributed by atoms with Crippen LogP contribution in [0.4, 0.5) is 5.69 Å². The standard InChI is InChI=1S/C26H24N2O3/c1-19-8-13-25(20(2)16-19)28-26(29)22(18-27)17-21-9-11-24(12-10-21)31-15-14-30-23-6-4-3-5-7-23/h3-13,16-17H,14-15H2,1-2H3,(H,28,29)/b22-17+. The van der Waals surface area contributed by atoms with Gasteiger partial charge in [-0.3, -0.25) is 4.79 Å². The van der Waals surface area contributed by atoms with Crippen molar-refractivity contribution in [3.8, 4) is 17.6 Å².